The molecule has 4 rings (SSSR count). The molecule has 0 spiro atoms. The van der Waals surface area contributed by atoms with E-state index in [2.05, 4.69) is 26.3 Å². The van der Waals surface area contributed by atoms with Crippen molar-refractivity contribution in [1.29, 1.82) is 5.26 Å². The Morgan fingerprint density at radius 3 is 2.54 bits per heavy atom. The standard InChI is InChI=1S/C20H16FN7/c1-11-3-6-14(7-4-11)25-19-17(21)18(23)26-20(27-19)28-12(2)24-15-9-13(10-22)5-8-16(15)28/h3-9H,1-2H3,(H3,23,25,26,27). The van der Waals surface area contributed by atoms with Gasteiger partial charge in [0.05, 0.1) is 22.7 Å². The lowest BCUT2D eigenvalue weighted by atomic mass is 10.2. The summed E-state index contributed by atoms with van der Waals surface area (Å²) in [6.07, 6.45) is 0. The van der Waals surface area contributed by atoms with Crippen LogP contribution in [0.5, 0.6) is 0 Å². The lowest BCUT2D eigenvalue weighted by molar-refractivity contribution is 0.622. The van der Waals surface area contributed by atoms with Crippen molar-refractivity contribution in [2.24, 2.45) is 0 Å². The molecule has 3 N–H and O–H groups in total. The third kappa shape index (κ3) is 2.99. The number of halogens is 1. The second-order valence-corrected chi connectivity index (χ2v) is 6.37. The first-order chi connectivity index (χ1) is 13.5. The van der Waals surface area contributed by atoms with Crippen LogP contribution in [-0.2, 0) is 0 Å². The summed E-state index contributed by atoms with van der Waals surface area (Å²) < 4.78 is 16.2. The zero-order valence-electron chi connectivity index (χ0n) is 15.2. The van der Waals surface area contributed by atoms with Crippen molar-refractivity contribution in [1.82, 2.24) is 19.5 Å². The van der Waals surface area contributed by atoms with Crippen LogP contribution in [0.25, 0.3) is 17.0 Å². The molecule has 0 amide bonds. The summed E-state index contributed by atoms with van der Waals surface area (Å²) in [5.41, 5.74) is 9.39. The van der Waals surface area contributed by atoms with Gasteiger partial charge in [0.15, 0.2) is 11.6 Å². The predicted molar refractivity (Wildman–Crippen MR) is 105 cm³/mol. The summed E-state index contributed by atoms with van der Waals surface area (Å²) in [7, 11) is 0. The van der Waals surface area contributed by atoms with Crippen LogP contribution < -0.4 is 11.1 Å². The van der Waals surface area contributed by atoms with Crippen molar-refractivity contribution >= 4 is 28.4 Å². The number of aryl methyl sites for hydroxylation is 2. The highest BCUT2D eigenvalue weighted by Crippen LogP contribution is 2.26. The van der Waals surface area contributed by atoms with Crippen LogP contribution in [0.15, 0.2) is 42.5 Å². The molecule has 2 heterocycles. The number of aromatic nitrogens is 4. The van der Waals surface area contributed by atoms with Gasteiger partial charge in [-0.15, -0.1) is 0 Å². The van der Waals surface area contributed by atoms with Crippen molar-refractivity contribution in [2.75, 3.05) is 11.1 Å². The first kappa shape index (κ1) is 17.4. The van der Waals surface area contributed by atoms with E-state index in [1.807, 2.05) is 31.2 Å². The van der Waals surface area contributed by atoms with Gasteiger partial charge in [0.25, 0.3) is 0 Å². The molecular weight excluding hydrogens is 357 g/mol. The molecule has 2 aromatic heterocycles. The average molecular weight is 373 g/mol. The van der Waals surface area contributed by atoms with Crippen LogP contribution in [0.2, 0.25) is 0 Å². The van der Waals surface area contributed by atoms with Crippen molar-refractivity contribution < 1.29 is 4.39 Å². The predicted octanol–water partition coefficient (Wildman–Crippen LogP) is 3.77. The molecule has 0 radical (unpaired) electrons. The third-order valence-electron chi connectivity index (χ3n) is 4.33. The van der Waals surface area contributed by atoms with E-state index in [0.717, 1.165) is 5.56 Å². The van der Waals surface area contributed by atoms with Gasteiger partial charge in [0, 0.05) is 5.69 Å². The van der Waals surface area contributed by atoms with Crippen LogP contribution in [0.4, 0.5) is 21.7 Å². The van der Waals surface area contributed by atoms with Gasteiger partial charge in [-0.2, -0.15) is 19.6 Å². The molecule has 0 atom stereocenters. The van der Waals surface area contributed by atoms with Gasteiger partial charge >= 0.3 is 0 Å². The Kier molecular flexibility index (Phi) is 4.12. The number of fused-ring (bicyclic) bond motifs is 1. The first-order valence-electron chi connectivity index (χ1n) is 8.52. The summed E-state index contributed by atoms with van der Waals surface area (Å²) in [6, 6.07) is 14.7. The molecule has 0 saturated heterocycles. The number of benzene rings is 2. The quantitative estimate of drug-likeness (QED) is 0.566. The fraction of sp³-hybridized carbons (Fsp3) is 0.100. The lowest BCUT2D eigenvalue weighted by Gasteiger charge is -2.12. The molecule has 0 aliphatic rings. The Labute approximate surface area is 160 Å². The Morgan fingerprint density at radius 1 is 1.07 bits per heavy atom. The molecular formula is C20H16FN7. The summed E-state index contributed by atoms with van der Waals surface area (Å²) in [5.74, 6) is -0.232. The zero-order valence-corrected chi connectivity index (χ0v) is 15.2. The average Bonchev–Trinajstić information content (AvgIpc) is 3.01. The number of anilines is 3. The van der Waals surface area contributed by atoms with Gasteiger partial charge in [-0.25, -0.2) is 4.98 Å². The highest BCUT2D eigenvalue weighted by Gasteiger charge is 2.17. The Morgan fingerprint density at radius 2 is 1.82 bits per heavy atom. The van der Waals surface area contributed by atoms with E-state index in [1.165, 1.54) is 0 Å². The molecule has 2 aromatic carbocycles. The normalized spacial score (nSPS) is 10.8. The number of nitrogens with zero attached hydrogens (tertiary/aromatic N) is 5. The number of hydrogen-bond acceptors (Lipinski definition) is 6. The fourth-order valence-electron chi connectivity index (χ4n) is 2.93. The van der Waals surface area contributed by atoms with Crippen molar-refractivity contribution in [2.45, 2.75) is 13.8 Å². The second kappa shape index (κ2) is 6.63. The number of nitrogens with one attached hydrogen (secondary N) is 1. The highest BCUT2D eigenvalue weighted by molar-refractivity contribution is 5.79. The van der Waals surface area contributed by atoms with E-state index in [-0.39, 0.29) is 17.6 Å². The fourth-order valence-corrected chi connectivity index (χ4v) is 2.93. The molecule has 0 aliphatic heterocycles. The van der Waals surface area contributed by atoms with Crippen LogP contribution >= 0.6 is 0 Å². The summed E-state index contributed by atoms with van der Waals surface area (Å²) >= 11 is 0. The third-order valence-corrected chi connectivity index (χ3v) is 4.33. The second-order valence-electron chi connectivity index (χ2n) is 6.37. The SMILES string of the molecule is Cc1ccc(Nc2nc(-n3c(C)nc4cc(C#N)ccc43)nc(N)c2F)cc1. The minimum atomic E-state index is -0.724. The molecule has 28 heavy (non-hydrogen) atoms. The van der Waals surface area contributed by atoms with E-state index >= 15 is 0 Å². The number of nitrogens with two attached hydrogens (primary N) is 1. The van der Waals surface area contributed by atoms with Gasteiger partial charge in [-0.3, -0.25) is 4.57 Å². The molecule has 7 nitrogen and oxygen atoms in total. The summed E-state index contributed by atoms with van der Waals surface area (Å²) in [4.78, 5) is 12.9. The minimum absolute atomic E-state index is 0.0266. The summed E-state index contributed by atoms with van der Waals surface area (Å²) in [6.45, 7) is 3.75. The maximum Gasteiger partial charge on any atom is 0.239 e. The number of rotatable bonds is 3. The largest absolute Gasteiger partial charge is 0.381 e. The molecule has 4 aromatic rings. The maximum atomic E-state index is 14.5. The van der Waals surface area contributed by atoms with Crippen LogP contribution in [0.3, 0.4) is 0 Å². The van der Waals surface area contributed by atoms with Gasteiger partial charge < -0.3 is 11.1 Å². The monoisotopic (exact) mass is 373 g/mol. The Balaban J connectivity index is 1.84. The van der Waals surface area contributed by atoms with E-state index in [1.54, 1.807) is 29.7 Å². The maximum absolute atomic E-state index is 14.5. The number of imidazole rings is 1. The minimum Gasteiger partial charge on any atom is -0.381 e. The van der Waals surface area contributed by atoms with Gasteiger partial charge in [-0.1, -0.05) is 17.7 Å². The smallest absolute Gasteiger partial charge is 0.239 e. The van der Waals surface area contributed by atoms with Gasteiger partial charge in [0.1, 0.15) is 5.82 Å². The first-order valence-corrected chi connectivity index (χ1v) is 8.52. The number of hydrogen-bond donors (Lipinski definition) is 2. The van der Waals surface area contributed by atoms with Crippen molar-refractivity contribution in [3.8, 4) is 12.0 Å². The van der Waals surface area contributed by atoms with Crippen LogP contribution in [0, 0.1) is 31.0 Å². The molecule has 0 saturated carbocycles. The van der Waals surface area contributed by atoms with Gasteiger partial charge in [0.2, 0.25) is 11.8 Å². The van der Waals surface area contributed by atoms with Crippen molar-refractivity contribution in [3.05, 3.63) is 65.2 Å². The van der Waals surface area contributed by atoms with E-state index < -0.39 is 5.82 Å². The number of nitrogen functional groups attached to an aromatic ring is 1. The molecule has 0 unspecified atom stereocenters. The van der Waals surface area contributed by atoms with E-state index in [0.29, 0.717) is 28.1 Å². The molecule has 0 fully saturated rings. The lowest BCUT2D eigenvalue weighted by Crippen LogP contribution is -2.10. The topological polar surface area (TPSA) is 105 Å². The van der Waals surface area contributed by atoms with Crippen LogP contribution in [-0.4, -0.2) is 19.5 Å². The Hall–Kier alpha value is -3.99. The Bertz CT molecular complexity index is 1240. The van der Waals surface area contributed by atoms with E-state index in [4.69, 9.17) is 11.0 Å². The highest BCUT2D eigenvalue weighted by atomic mass is 19.1. The summed E-state index contributed by atoms with van der Waals surface area (Å²) in [5, 5.41) is 12.0. The number of nitriles is 1. The van der Waals surface area contributed by atoms with Gasteiger partial charge in [-0.05, 0) is 44.2 Å². The van der Waals surface area contributed by atoms with E-state index in [9.17, 15) is 4.39 Å². The van der Waals surface area contributed by atoms with Crippen LogP contribution in [0.1, 0.15) is 17.0 Å². The molecule has 0 bridgehead atoms. The molecule has 0 aliphatic carbocycles. The molecule has 8 heteroatoms. The van der Waals surface area contributed by atoms with Crippen molar-refractivity contribution in [3.63, 3.8) is 0 Å². The zero-order chi connectivity index (χ0) is 19.8. The molecule has 138 valence electrons.